The van der Waals surface area contributed by atoms with E-state index in [0.717, 1.165) is 5.69 Å². The fourth-order valence-corrected chi connectivity index (χ4v) is 2.02. The van der Waals surface area contributed by atoms with Crippen molar-refractivity contribution >= 4 is 5.97 Å². The van der Waals surface area contributed by atoms with E-state index in [4.69, 9.17) is 0 Å². The molecule has 6 heteroatoms. The number of para-hydroxylation sites is 1. The molecule has 0 saturated carbocycles. The highest BCUT2D eigenvalue weighted by molar-refractivity contribution is 5.91. The minimum absolute atomic E-state index is 0.249. The predicted octanol–water partition coefficient (Wildman–Crippen LogP) is 1.82. The molecule has 0 aliphatic carbocycles. The molecule has 3 aromatic rings. The van der Waals surface area contributed by atoms with Gasteiger partial charge in [-0.05, 0) is 12.1 Å². The van der Waals surface area contributed by atoms with Crippen LogP contribution in [0.2, 0.25) is 0 Å². The molecule has 2 aromatic heterocycles. The van der Waals surface area contributed by atoms with E-state index in [-0.39, 0.29) is 5.56 Å². The van der Waals surface area contributed by atoms with Gasteiger partial charge in [-0.1, -0.05) is 12.1 Å². The Morgan fingerprint density at radius 2 is 2.10 bits per heavy atom. The van der Waals surface area contributed by atoms with Crippen molar-refractivity contribution < 1.29 is 9.90 Å². The lowest BCUT2D eigenvalue weighted by molar-refractivity contribution is 0.0697. The number of imidazole rings is 2. The van der Waals surface area contributed by atoms with Crippen molar-refractivity contribution in [1.29, 1.82) is 0 Å². The standard InChI is InChI=1S/C14H12N4O2/c19-14(20)12-3-1-2-4-13(12)18-8-11(16-10-18)7-17-6-5-15-9-17/h1-6,8-10H,7H2,(H,19,20). The molecule has 0 bridgehead atoms. The number of rotatable bonds is 4. The Morgan fingerprint density at radius 1 is 1.25 bits per heavy atom. The predicted molar refractivity (Wildman–Crippen MR) is 71.9 cm³/mol. The molecule has 2 heterocycles. The second kappa shape index (κ2) is 5.00. The SMILES string of the molecule is O=C(O)c1ccccc1-n1cnc(Cn2ccnc2)c1. The summed E-state index contributed by atoms with van der Waals surface area (Å²) in [7, 11) is 0. The Balaban J connectivity index is 1.92. The third-order valence-corrected chi connectivity index (χ3v) is 2.95. The van der Waals surface area contributed by atoms with Crippen LogP contribution < -0.4 is 0 Å². The highest BCUT2D eigenvalue weighted by Crippen LogP contribution is 2.15. The summed E-state index contributed by atoms with van der Waals surface area (Å²) in [5, 5.41) is 9.20. The maximum Gasteiger partial charge on any atom is 0.337 e. The first-order chi connectivity index (χ1) is 9.74. The van der Waals surface area contributed by atoms with E-state index in [1.807, 2.05) is 17.0 Å². The van der Waals surface area contributed by atoms with Gasteiger partial charge in [-0.3, -0.25) is 0 Å². The van der Waals surface area contributed by atoms with E-state index in [2.05, 4.69) is 9.97 Å². The van der Waals surface area contributed by atoms with Gasteiger partial charge in [0, 0.05) is 18.6 Å². The van der Waals surface area contributed by atoms with Gasteiger partial charge >= 0.3 is 5.97 Å². The molecule has 0 amide bonds. The van der Waals surface area contributed by atoms with Gasteiger partial charge in [-0.25, -0.2) is 14.8 Å². The summed E-state index contributed by atoms with van der Waals surface area (Å²) in [4.78, 5) is 19.5. The molecule has 20 heavy (non-hydrogen) atoms. The Hall–Kier alpha value is -2.89. The largest absolute Gasteiger partial charge is 0.478 e. The lowest BCUT2D eigenvalue weighted by Gasteiger charge is -2.05. The van der Waals surface area contributed by atoms with E-state index in [1.165, 1.54) is 0 Å². The Labute approximate surface area is 115 Å². The molecular formula is C14H12N4O2. The van der Waals surface area contributed by atoms with Crippen molar-refractivity contribution in [3.05, 3.63) is 66.8 Å². The molecule has 0 unspecified atom stereocenters. The molecule has 100 valence electrons. The van der Waals surface area contributed by atoms with Crippen molar-refractivity contribution in [3.63, 3.8) is 0 Å². The number of aromatic carboxylic acids is 1. The summed E-state index contributed by atoms with van der Waals surface area (Å²) in [6, 6.07) is 6.84. The lowest BCUT2D eigenvalue weighted by Crippen LogP contribution is -2.03. The van der Waals surface area contributed by atoms with E-state index in [0.29, 0.717) is 12.2 Å². The van der Waals surface area contributed by atoms with E-state index < -0.39 is 5.97 Å². The lowest BCUT2D eigenvalue weighted by atomic mass is 10.2. The van der Waals surface area contributed by atoms with Gasteiger partial charge in [0.1, 0.15) is 0 Å². The molecule has 0 saturated heterocycles. The molecule has 1 aromatic carbocycles. The second-order valence-corrected chi connectivity index (χ2v) is 4.33. The summed E-state index contributed by atoms with van der Waals surface area (Å²) in [5.74, 6) is -0.953. The average molecular weight is 268 g/mol. The first-order valence-electron chi connectivity index (χ1n) is 6.05. The summed E-state index contributed by atoms with van der Waals surface area (Å²) < 4.78 is 3.62. The molecule has 0 spiro atoms. The van der Waals surface area contributed by atoms with Crippen LogP contribution in [0.25, 0.3) is 5.69 Å². The molecular weight excluding hydrogens is 256 g/mol. The number of hydrogen-bond donors (Lipinski definition) is 1. The zero-order valence-electron chi connectivity index (χ0n) is 10.5. The normalized spacial score (nSPS) is 10.6. The quantitative estimate of drug-likeness (QED) is 0.783. The Morgan fingerprint density at radius 3 is 2.85 bits per heavy atom. The fourth-order valence-electron chi connectivity index (χ4n) is 2.02. The van der Waals surface area contributed by atoms with Crippen LogP contribution in [0, 0.1) is 0 Å². The van der Waals surface area contributed by atoms with Crippen molar-refractivity contribution in [1.82, 2.24) is 19.1 Å². The highest BCUT2D eigenvalue weighted by atomic mass is 16.4. The summed E-state index contributed by atoms with van der Waals surface area (Å²) >= 11 is 0. The van der Waals surface area contributed by atoms with Gasteiger partial charge in [0.25, 0.3) is 0 Å². The smallest absolute Gasteiger partial charge is 0.337 e. The van der Waals surface area contributed by atoms with Gasteiger partial charge in [0.2, 0.25) is 0 Å². The second-order valence-electron chi connectivity index (χ2n) is 4.33. The first kappa shape index (κ1) is 12.2. The fraction of sp³-hybridized carbons (Fsp3) is 0.0714. The topological polar surface area (TPSA) is 72.9 Å². The van der Waals surface area contributed by atoms with Crippen LogP contribution in [0.1, 0.15) is 16.1 Å². The van der Waals surface area contributed by atoms with Crippen LogP contribution in [0.3, 0.4) is 0 Å². The van der Waals surface area contributed by atoms with Crippen molar-refractivity contribution in [2.45, 2.75) is 6.54 Å². The molecule has 0 aliphatic heterocycles. The number of carboxylic acids is 1. The van der Waals surface area contributed by atoms with Crippen molar-refractivity contribution in [3.8, 4) is 5.69 Å². The third kappa shape index (κ3) is 2.31. The number of carboxylic acid groups (broad SMARTS) is 1. The maximum atomic E-state index is 11.2. The van der Waals surface area contributed by atoms with E-state index >= 15 is 0 Å². The van der Waals surface area contributed by atoms with Gasteiger partial charge in [0.15, 0.2) is 0 Å². The number of hydrogen-bond acceptors (Lipinski definition) is 3. The molecule has 0 aliphatic rings. The third-order valence-electron chi connectivity index (χ3n) is 2.95. The van der Waals surface area contributed by atoms with Gasteiger partial charge in [0.05, 0.1) is 36.1 Å². The maximum absolute atomic E-state index is 11.2. The minimum Gasteiger partial charge on any atom is -0.478 e. The van der Waals surface area contributed by atoms with Crippen molar-refractivity contribution in [2.75, 3.05) is 0 Å². The van der Waals surface area contributed by atoms with Crippen LogP contribution in [0.4, 0.5) is 0 Å². The number of nitrogens with zero attached hydrogens (tertiary/aromatic N) is 4. The molecule has 6 nitrogen and oxygen atoms in total. The zero-order chi connectivity index (χ0) is 13.9. The first-order valence-corrected chi connectivity index (χ1v) is 6.05. The number of benzene rings is 1. The van der Waals surface area contributed by atoms with Crippen LogP contribution in [0.15, 0.2) is 55.5 Å². The number of carbonyl (C=O) groups is 1. The highest BCUT2D eigenvalue weighted by Gasteiger charge is 2.11. The average Bonchev–Trinajstić information content (AvgIpc) is 3.11. The Bertz CT molecular complexity index is 731. The summed E-state index contributed by atoms with van der Waals surface area (Å²) in [6.07, 6.45) is 8.71. The monoisotopic (exact) mass is 268 g/mol. The molecule has 0 fully saturated rings. The van der Waals surface area contributed by atoms with E-state index in [1.54, 1.807) is 47.7 Å². The van der Waals surface area contributed by atoms with Crippen LogP contribution in [-0.2, 0) is 6.54 Å². The van der Waals surface area contributed by atoms with Crippen LogP contribution in [0.5, 0.6) is 0 Å². The van der Waals surface area contributed by atoms with Crippen molar-refractivity contribution in [2.24, 2.45) is 0 Å². The number of aromatic nitrogens is 4. The van der Waals surface area contributed by atoms with Gasteiger partial charge in [-0.15, -0.1) is 0 Å². The molecule has 1 N–H and O–H groups in total. The minimum atomic E-state index is -0.953. The zero-order valence-corrected chi connectivity index (χ0v) is 10.5. The summed E-state index contributed by atoms with van der Waals surface area (Å²) in [5.41, 5.74) is 1.69. The van der Waals surface area contributed by atoms with Crippen LogP contribution >= 0.6 is 0 Å². The van der Waals surface area contributed by atoms with E-state index in [9.17, 15) is 9.90 Å². The van der Waals surface area contributed by atoms with Crippen LogP contribution in [-0.4, -0.2) is 30.2 Å². The molecule has 0 radical (unpaired) electrons. The summed E-state index contributed by atoms with van der Waals surface area (Å²) in [6.45, 7) is 0.599. The molecule has 3 rings (SSSR count). The molecule has 0 atom stereocenters. The van der Waals surface area contributed by atoms with Gasteiger partial charge in [-0.2, -0.15) is 0 Å². The van der Waals surface area contributed by atoms with Gasteiger partial charge < -0.3 is 14.2 Å². The Kier molecular flexibility index (Phi) is 3.04.